The van der Waals surface area contributed by atoms with Crippen LogP contribution >= 0.6 is 0 Å². The van der Waals surface area contributed by atoms with E-state index in [4.69, 9.17) is 9.47 Å². The lowest BCUT2D eigenvalue weighted by Gasteiger charge is -2.20. The number of hydrogen-bond donors (Lipinski definition) is 1. The molecule has 138 valence electrons. The quantitative estimate of drug-likeness (QED) is 0.683. The predicted octanol–water partition coefficient (Wildman–Crippen LogP) is 4.29. The maximum atomic E-state index is 12.5. The number of methoxy groups -OCH3 is 1. The standard InChI is InChI=1S/C23H23NO3/c1-17-7-6-10-21(15-17)27-16-22(25)24-23(18-8-4-3-5-9-18)19-11-13-20(26-2)14-12-19/h3-15,23H,16H2,1-2H3,(H,24,25)/t23-/m1/s1. The average molecular weight is 361 g/mol. The molecule has 0 aliphatic rings. The molecule has 1 atom stereocenters. The first-order valence-electron chi connectivity index (χ1n) is 8.83. The molecule has 3 rings (SSSR count). The molecule has 0 aliphatic heterocycles. The fourth-order valence-electron chi connectivity index (χ4n) is 2.86. The molecule has 3 aromatic carbocycles. The zero-order chi connectivity index (χ0) is 19.1. The summed E-state index contributed by atoms with van der Waals surface area (Å²) in [5.74, 6) is 1.28. The second-order valence-corrected chi connectivity index (χ2v) is 6.29. The minimum Gasteiger partial charge on any atom is -0.497 e. The Morgan fingerprint density at radius 2 is 1.59 bits per heavy atom. The summed E-state index contributed by atoms with van der Waals surface area (Å²) >= 11 is 0. The first-order valence-corrected chi connectivity index (χ1v) is 8.83. The Balaban J connectivity index is 1.73. The Bertz CT molecular complexity index is 876. The van der Waals surface area contributed by atoms with Crippen LogP contribution in [-0.2, 0) is 4.79 Å². The van der Waals surface area contributed by atoms with Crippen LogP contribution in [0.25, 0.3) is 0 Å². The highest BCUT2D eigenvalue weighted by Gasteiger charge is 2.17. The van der Waals surface area contributed by atoms with Crippen molar-refractivity contribution in [3.8, 4) is 11.5 Å². The molecule has 1 N–H and O–H groups in total. The van der Waals surface area contributed by atoms with Crippen molar-refractivity contribution >= 4 is 5.91 Å². The van der Waals surface area contributed by atoms with Crippen LogP contribution in [-0.4, -0.2) is 19.6 Å². The van der Waals surface area contributed by atoms with E-state index in [0.29, 0.717) is 5.75 Å². The van der Waals surface area contributed by atoms with Crippen LogP contribution in [0.5, 0.6) is 11.5 Å². The molecule has 27 heavy (non-hydrogen) atoms. The third kappa shape index (κ3) is 5.11. The number of aryl methyl sites for hydroxylation is 1. The molecule has 1 amide bonds. The number of rotatable bonds is 7. The summed E-state index contributed by atoms with van der Waals surface area (Å²) < 4.78 is 10.9. The highest BCUT2D eigenvalue weighted by atomic mass is 16.5. The summed E-state index contributed by atoms with van der Waals surface area (Å²) in [7, 11) is 1.63. The monoisotopic (exact) mass is 361 g/mol. The number of nitrogens with one attached hydrogen (secondary N) is 1. The first-order chi connectivity index (χ1) is 13.2. The second-order valence-electron chi connectivity index (χ2n) is 6.29. The van der Waals surface area contributed by atoms with Crippen molar-refractivity contribution in [1.82, 2.24) is 5.32 Å². The van der Waals surface area contributed by atoms with Gasteiger partial charge in [0.1, 0.15) is 11.5 Å². The molecule has 3 aromatic rings. The van der Waals surface area contributed by atoms with Crippen molar-refractivity contribution < 1.29 is 14.3 Å². The van der Waals surface area contributed by atoms with E-state index in [1.807, 2.05) is 85.8 Å². The van der Waals surface area contributed by atoms with Gasteiger partial charge >= 0.3 is 0 Å². The number of benzene rings is 3. The van der Waals surface area contributed by atoms with Crippen LogP contribution in [0.2, 0.25) is 0 Å². The lowest BCUT2D eigenvalue weighted by Crippen LogP contribution is -2.33. The molecule has 0 bridgehead atoms. The van der Waals surface area contributed by atoms with Gasteiger partial charge in [-0.15, -0.1) is 0 Å². The third-order valence-electron chi connectivity index (χ3n) is 4.25. The molecule has 0 aliphatic carbocycles. The van der Waals surface area contributed by atoms with E-state index in [1.54, 1.807) is 7.11 Å². The van der Waals surface area contributed by atoms with Gasteiger partial charge in [-0.25, -0.2) is 0 Å². The lowest BCUT2D eigenvalue weighted by atomic mass is 9.98. The number of carbonyl (C=O) groups is 1. The van der Waals surface area contributed by atoms with E-state index >= 15 is 0 Å². The summed E-state index contributed by atoms with van der Waals surface area (Å²) in [4.78, 5) is 12.5. The Hall–Kier alpha value is -3.27. The van der Waals surface area contributed by atoms with E-state index in [1.165, 1.54) is 0 Å². The average Bonchev–Trinajstić information content (AvgIpc) is 2.71. The summed E-state index contributed by atoms with van der Waals surface area (Å²) in [6, 6.07) is 25.0. The molecule has 4 heteroatoms. The van der Waals surface area contributed by atoms with Crippen LogP contribution in [0, 0.1) is 6.92 Å². The van der Waals surface area contributed by atoms with E-state index in [9.17, 15) is 4.79 Å². The summed E-state index contributed by atoms with van der Waals surface area (Å²) in [5.41, 5.74) is 3.07. The molecule has 0 unspecified atom stereocenters. The SMILES string of the molecule is COc1ccc([C@H](NC(=O)COc2cccc(C)c2)c2ccccc2)cc1. The van der Waals surface area contributed by atoms with E-state index in [0.717, 1.165) is 22.4 Å². The van der Waals surface area contributed by atoms with Gasteiger partial charge in [0, 0.05) is 0 Å². The molecule has 0 saturated heterocycles. The zero-order valence-corrected chi connectivity index (χ0v) is 15.5. The highest BCUT2D eigenvalue weighted by Crippen LogP contribution is 2.24. The van der Waals surface area contributed by atoms with Crippen LogP contribution in [0.4, 0.5) is 0 Å². The van der Waals surface area contributed by atoms with Gasteiger partial charge in [0.05, 0.1) is 13.2 Å². The van der Waals surface area contributed by atoms with Gasteiger partial charge in [-0.3, -0.25) is 4.79 Å². The number of hydrogen-bond acceptors (Lipinski definition) is 3. The van der Waals surface area contributed by atoms with Gasteiger partial charge in [-0.05, 0) is 47.9 Å². The normalized spacial score (nSPS) is 11.5. The lowest BCUT2D eigenvalue weighted by molar-refractivity contribution is -0.123. The smallest absolute Gasteiger partial charge is 0.258 e. The Morgan fingerprint density at radius 3 is 2.26 bits per heavy atom. The Kier molecular flexibility index (Phi) is 6.10. The molecule has 0 saturated carbocycles. The Morgan fingerprint density at radius 1 is 0.889 bits per heavy atom. The Labute approximate surface area is 159 Å². The molecule has 0 aromatic heterocycles. The highest BCUT2D eigenvalue weighted by molar-refractivity contribution is 5.78. The summed E-state index contributed by atoms with van der Waals surface area (Å²) in [6.45, 7) is 1.95. The van der Waals surface area contributed by atoms with Crippen molar-refractivity contribution in [3.05, 3.63) is 95.6 Å². The zero-order valence-electron chi connectivity index (χ0n) is 15.5. The first kappa shape index (κ1) is 18.5. The summed E-state index contributed by atoms with van der Waals surface area (Å²) in [5, 5.41) is 3.07. The second kappa shape index (κ2) is 8.90. The van der Waals surface area contributed by atoms with Gasteiger partial charge in [0.25, 0.3) is 5.91 Å². The number of carbonyl (C=O) groups excluding carboxylic acids is 1. The van der Waals surface area contributed by atoms with E-state index in [2.05, 4.69) is 5.32 Å². The largest absolute Gasteiger partial charge is 0.497 e. The van der Waals surface area contributed by atoms with E-state index in [-0.39, 0.29) is 18.6 Å². The van der Waals surface area contributed by atoms with Crippen molar-refractivity contribution in [2.24, 2.45) is 0 Å². The van der Waals surface area contributed by atoms with Gasteiger partial charge < -0.3 is 14.8 Å². The molecule has 0 heterocycles. The summed E-state index contributed by atoms with van der Waals surface area (Å²) in [6.07, 6.45) is 0. The van der Waals surface area contributed by atoms with Gasteiger partial charge in [0.2, 0.25) is 0 Å². The third-order valence-corrected chi connectivity index (χ3v) is 4.25. The number of ether oxygens (including phenoxy) is 2. The molecule has 0 fully saturated rings. The molecular weight excluding hydrogens is 338 g/mol. The van der Waals surface area contributed by atoms with Crippen LogP contribution in [0.1, 0.15) is 22.7 Å². The van der Waals surface area contributed by atoms with Crippen molar-refractivity contribution in [2.45, 2.75) is 13.0 Å². The molecular formula is C23H23NO3. The molecule has 0 radical (unpaired) electrons. The van der Waals surface area contributed by atoms with Crippen molar-refractivity contribution in [2.75, 3.05) is 13.7 Å². The molecule has 4 nitrogen and oxygen atoms in total. The van der Waals surface area contributed by atoms with Crippen LogP contribution in [0.3, 0.4) is 0 Å². The van der Waals surface area contributed by atoms with Crippen molar-refractivity contribution in [1.29, 1.82) is 0 Å². The fourth-order valence-corrected chi connectivity index (χ4v) is 2.86. The van der Waals surface area contributed by atoms with Crippen LogP contribution in [0.15, 0.2) is 78.9 Å². The van der Waals surface area contributed by atoms with Crippen LogP contribution < -0.4 is 14.8 Å². The predicted molar refractivity (Wildman–Crippen MR) is 106 cm³/mol. The fraction of sp³-hybridized carbons (Fsp3) is 0.174. The topological polar surface area (TPSA) is 47.6 Å². The maximum absolute atomic E-state index is 12.5. The minimum absolute atomic E-state index is 0.0387. The number of amides is 1. The maximum Gasteiger partial charge on any atom is 0.258 e. The van der Waals surface area contributed by atoms with Gasteiger partial charge in [-0.1, -0.05) is 54.6 Å². The van der Waals surface area contributed by atoms with Crippen molar-refractivity contribution in [3.63, 3.8) is 0 Å². The van der Waals surface area contributed by atoms with Gasteiger partial charge in [-0.2, -0.15) is 0 Å². The van der Waals surface area contributed by atoms with Gasteiger partial charge in [0.15, 0.2) is 6.61 Å². The van der Waals surface area contributed by atoms with E-state index < -0.39 is 0 Å². The minimum atomic E-state index is -0.259. The molecule has 0 spiro atoms.